The van der Waals surface area contributed by atoms with Crippen molar-refractivity contribution in [1.82, 2.24) is 20.2 Å². The molecule has 19 heavy (non-hydrogen) atoms. The topological polar surface area (TPSA) is 90.1 Å². The quantitative estimate of drug-likeness (QED) is 0.845. The summed E-state index contributed by atoms with van der Waals surface area (Å²) >= 11 is 0. The van der Waals surface area contributed by atoms with Gasteiger partial charge in [0.15, 0.2) is 11.4 Å². The number of carboxylic acids is 1. The fourth-order valence-corrected chi connectivity index (χ4v) is 2.99. The molecule has 2 aliphatic rings. The van der Waals surface area contributed by atoms with E-state index in [9.17, 15) is 9.90 Å². The Kier molecular flexibility index (Phi) is 2.81. The van der Waals surface area contributed by atoms with E-state index in [4.69, 9.17) is 4.74 Å². The maximum absolute atomic E-state index is 11.5. The molecule has 2 fully saturated rings. The minimum atomic E-state index is -0.933. The van der Waals surface area contributed by atoms with Crippen molar-refractivity contribution in [3.63, 3.8) is 0 Å². The minimum absolute atomic E-state index is 0.199. The summed E-state index contributed by atoms with van der Waals surface area (Å²) in [5.74, 6) is -0.212. The summed E-state index contributed by atoms with van der Waals surface area (Å²) < 4.78 is 7.08. The first-order chi connectivity index (χ1) is 9.12. The van der Waals surface area contributed by atoms with Gasteiger partial charge in [-0.25, -0.2) is 9.48 Å². The Labute approximate surface area is 110 Å². The SMILES string of the molecule is COC1(Cc2nnnn2C2(C(=O)O)CCC2)CCC1. The molecule has 7 heteroatoms. The Bertz CT molecular complexity index is 485. The predicted molar refractivity (Wildman–Crippen MR) is 64.6 cm³/mol. The molecular weight excluding hydrogens is 248 g/mol. The molecule has 0 saturated heterocycles. The molecular formula is C12H18N4O3. The number of methoxy groups -OCH3 is 1. The van der Waals surface area contributed by atoms with Gasteiger partial charge < -0.3 is 9.84 Å². The highest BCUT2D eigenvalue weighted by Crippen LogP contribution is 2.42. The van der Waals surface area contributed by atoms with Crippen molar-refractivity contribution in [2.45, 2.75) is 56.1 Å². The molecule has 104 valence electrons. The zero-order chi connectivity index (χ0) is 13.5. The van der Waals surface area contributed by atoms with Gasteiger partial charge in [-0.15, -0.1) is 5.10 Å². The lowest BCUT2D eigenvalue weighted by molar-refractivity contribution is -0.154. The van der Waals surface area contributed by atoms with Gasteiger partial charge in [-0.05, 0) is 49.0 Å². The van der Waals surface area contributed by atoms with Crippen LogP contribution in [-0.4, -0.2) is 44.0 Å². The number of hydrogen-bond donors (Lipinski definition) is 1. The fraction of sp³-hybridized carbons (Fsp3) is 0.833. The van der Waals surface area contributed by atoms with E-state index < -0.39 is 11.5 Å². The Morgan fingerprint density at radius 3 is 2.47 bits per heavy atom. The van der Waals surface area contributed by atoms with E-state index in [1.807, 2.05) is 0 Å². The van der Waals surface area contributed by atoms with Crippen LogP contribution in [0, 0.1) is 0 Å². The lowest BCUT2D eigenvalue weighted by Crippen LogP contribution is -2.50. The smallest absolute Gasteiger partial charge is 0.331 e. The van der Waals surface area contributed by atoms with Crippen molar-refractivity contribution in [3.05, 3.63) is 5.82 Å². The number of hydrogen-bond acceptors (Lipinski definition) is 5. The second-order valence-corrected chi connectivity index (χ2v) is 5.61. The zero-order valence-corrected chi connectivity index (χ0v) is 11.0. The van der Waals surface area contributed by atoms with Gasteiger partial charge in [0, 0.05) is 13.5 Å². The summed E-state index contributed by atoms with van der Waals surface area (Å²) in [5, 5.41) is 21.1. The third kappa shape index (κ3) is 1.75. The van der Waals surface area contributed by atoms with Crippen LogP contribution in [0.15, 0.2) is 0 Å². The van der Waals surface area contributed by atoms with Crippen molar-refractivity contribution in [2.24, 2.45) is 0 Å². The molecule has 1 N–H and O–H groups in total. The minimum Gasteiger partial charge on any atom is -0.479 e. The molecule has 1 heterocycles. The van der Waals surface area contributed by atoms with Crippen LogP contribution in [0.4, 0.5) is 0 Å². The van der Waals surface area contributed by atoms with Crippen molar-refractivity contribution in [1.29, 1.82) is 0 Å². The maximum atomic E-state index is 11.5. The number of ether oxygens (including phenoxy) is 1. The van der Waals surface area contributed by atoms with E-state index in [1.165, 1.54) is 4.68 Å². The highest BCUT2D eigenvalue weighted by Gasteiger charge is 2.50. The van der Waals surface area contributed by atoms with Gasteiger partial charge in [-0.2, -0.15) is 0 Å². The molecule has 0 atom stereocenters. The molecule has 0 aromatic carbocycles. The molecule has 3 rings (SSSR count). The summed E-state index contributed by atoms with van der Waals surface area (Å²) in [6.07, 6.45) is 5.79. The van der Waals surface area contributed by atoms with Crippen LogP contribution < -0.4 is 0 Å². The summed E-state index contributed by atoms with van der Waals surface area (Å²) in [4.78, 5) is 11.5. The normalized spacial score (nSPS) is 23.4. The standard InChI is InChI=1S/C12H18N4O3/c1-19-11(4-2-5-11)8-9-13-14-15-16(9)12(10(17)18)6-3-7-12/h2-8H2,1H3,(H,17,18). The van der Waals surface area contributed by atoms with Gasteiger partial charge in [-0.3, -0.25) is 0 Å². The largest absolute Gasteiger partial charge is 0.479 e. The number of rotatable bonds is 5. The monoisotopic (exact) mass is 266 g/mol. The van der Waals surface area contributed by atoms with Gasteiger partial charge >= 0.3 is 5.97 Å². The molecule has 1 aromatic rings. The van der Waals surface area contributed by atoms with Crippen LogP contribution in [0.25, 0.3) is 0 Å². The van der Waals surface area contributed by atoms with Crippen molar-refractivity contribution in [2.75, 3.05) is 7.11 Å². The molecule has 7 nitrogen and oxygen atoms in total. The molecule has 0 spiro atoms. The summed E-state index contributed by atoms with van der Waals surface area (Å²) in [5.41, 5.74) is -1.13. The van der Waals surface area contributed by atoms with Gasteiger partial charge in [0.25, 0.3) is 0 Å². The third-order valence-electron chi connectivity index (χ3n) is 4.70. The predicted octanol–water partition coefficient (Wildman–Crippen LogP) is 0.748. The van der Waals surface area contributed by atoms with E-state index in [2.05, 4.69) is 15.5 Å². The molecule has 2 saturated carbocycles. The third-order valence-corrected chi connectivity index (χ3v) is 4.70. The second kappa shape index (κ2) is 4.26. The van der Waals surface area contributed by atoms with Crippen LogP contribution in [0.2, 0.25) is 0 Å². The van der Waals surface area contributed by atoms with Crippen LogP contribution in [-0.2, 0) is 21.5 Å². The Hall–Kier alpha value is -1.50. The Morgan fingerprint density at radius 1 is 1.37 bits per heavy atom. The molecule has 0 bridgehead atoms. The van der Waals surface area contributed by atoms with Crippen LogP contribution >= 0.6 is 0 Å². The lowest BCUT2D eigenvalue weighted by atomic mass is 9.75. The molecule has 0 radical (unpaired) electrons. The Morgan fingerprint density at radius 2 is 2.05 bits per heavy atom. The van der Waals surface area contributed by atoms with Gasteiger partial charge in [0.05, 0.1) is 5.60 Å². The average molecular weight is 266 g/mol. The first kappa shape index (κ1) is 12.5. The number of carbonyl (C=O) groups is 1. The van der Waals surface area contributed by atoms with E-state index in [1.54, 1.807) is 7.11 Å². The first-order valence-electron chi connectivity index (χ1n) is 6.68. The molecule has 0 amide bonds. The highest BCUT2D eigenvalue weighted by atomic mass is 16.5. The summed E-state index contributed by atoms with van der Waals surface area (Å²) in [6.45, 7) is 0. The number of carboxylic acid groups (broad SMARTS) is 1. The van der Waals surface area contributed by atoms with Gasteiger partial charge in [0.1, 0.15) is 0 Å². The number of aliphatic carboxylic acids is 1. The van der Waals surface area contributed by atoms with Crippen molar-refractivity contribution < 1.29 is 14.6 Å². The van der Waals surface area contributed by atoms with E-state index in [-0.39, 0.29) is 5.60 Å². The summed E-state index contributed by atoms with van der Waals surface area (Å²) in [7, 11) is 1.70. The molecule has 0 aliphatic heterocycles. The number of tetrazole rings is 1. The zero-order valence-electron chi connectivity index (χ0n) is 11.0. The Balaban J connectivity index is 1.88. The van der Waals surface area contributed by atoms with Crippen molar-refractivity contribution in [3.8, 4) is 0 Å². The van der Waals surface area contributed by atoms with Gasteiger partial charge in [0.2, 0.25) is 0 Å². The van der Waals surface area contributed by atoms with Crippen LogP contribution in [0.3, 0.4) is 0 Å². The molecule has 2 aliphatic carbocycles. The van der Waals surface area contributed by atoms with Gasteiger partial charge in [-0.1, -0.05) is 0 Å². The van der Waals surface area contributed by atoms with Crippen LogP contribution in [0.5, 0.6) is 0 Å². The van der Waals surface area contributed by atoms with Crippen molar-refractivity contribution >= 4 is 5.97 Å². The van der Waals surface area contributed by atoms with E-state index >= 15 is 0 Å². The molecule has 1 aromatic heterocycles. The highest BCUT2D eigenvalue weighted by molar-refractivity contribution is 5.77. The first-order valence-corrected chi connectivity index (χ1v) is 6.68. The maximum Gasteiger partial charge on any atom is 0.331 e. The summed E-state index contributed by atoms with van der Waals surface area (Å²) in [6, 6.07) is 0. The molecule has 0 unspecified atom stereocenters. The fourth-order valence-electron chi connectivity index (χ4n) is 2.99. The average Bonchev–Trinajstić information content (AvgIpc) is 2.70. The lowest BCUT2D eigenvalue weighted by Gasteiger charge is -2.42. The van der Waals surface area contributed by atoms with E-state index in [0.717, 1.165) is 25.7 Å². The van der Waals surface area contributed by atoms with E-state index in [0.29, 0.717) is 25.1 Å². The van der Waals surface area contributed by atoms with Crippen LogP contribution in [0.1, 0.15) is 44.3 Å². The second-order valence-electron chi connectivity index (χ2n) is 5.61. The number of aromatic nitrogens is 4. The number of nitrogens with zero attached hydrogens (tertiary/aromatic N) is 4.